The maximum absolute atomic E-state index is 11.9. The van der Waals surface area contributed by atoms with Crippen molar-refractivity contribution in [2.75, 3.05) is 11.9 Å². The van der Waals surface area contributed by atoms with Crippen molar-refractivity contribution in [1.29, 1.82) is 0 Å². The molecule has 1 aromatic carbocycles. The van der Waals surface area contributed by atoms with Crippen LogP contribution in [0.25, 0.3) is 0 Å². The van der Waals surface area contributed by atoms with Crippen molar-refractivity contribution in [2.24, 2.45) is 5.41 Å². The van der Waals surface area contributed by atoms with Crippen LogP contribution < -0.4 is 4.90 Å². The van der Waals surface area contributed by atoms with E-state index >= 15 is 0 Å². The summed E-state index contributed by atoms with van der Waals surface area (Å²) in [6, 6.07) is 6.65. The maximum Gasteiger partial charge on any atom is 0.226 e. The third kappa shape index (κ3) is 4.47. The molecule has 0 aliphatic carbocycles. The molecule has 0 heterocycles. The van der Waals surface area contributed by atoms with Gasteiger partial charge in [0, 0.05) is 19.2 Å². The Morgan fingerprint density at radius 2 is 1.76 bits per heavy atom. The Hall–Kier alpha value is -1.51. The van der Waals surface area contributed by atoms with Gasteiger partial charge in [0.1, 0.15) is 5.75 Å². The minimum atomic E-state index is 0.102. The van der Waals surface area contributed by atoms with Crippen LogP contribution in [0.4, 0.5) is 5.69 Å². The highest BCUT2D eigenvalue weighted by atomic mass is 16.3. The molecule has 0 unspecified atom stereocenters. The van der Waals surface area contributed by atoms with E-state index in [0.29, 0.717) is 6.42 Å². The van der Waals surface area contributed by atoms with Gasteiger partial charge in [-0.25, -0.2) is 0 Å². The number of rotatable bonds is 3. The summed E-state index contributed by atoms with van der Waals surface area (Å²) in [5.74, 6) is 0.315. The molecule has 0 spiro atoms. The van der Waals surface area contributed by atoms with E-state index < -0.39 is 0 Å². The van der Waals surface area contributed by atoms with Crippen LogP contribution in [-0.2, 0) is 4.79 Å². The summed E-state index contributed by atoms with van der Waals surface area (Å²) in [5.41, 5.74) is 0.979. The predicted octanol–water partition coefficient (Wildman–Crippen LogP) is 3.18. The molecule has 0 saturated carbocycles. The normalized spacial score (nSPS) is 11.3. The molecule has 0 bridgehead atoms. The molecule has 0 fully saturated rings. The highest BCUT2D eigenvalue weighted by Crippen LogP contribution is 2.23. The molecular formula is C14H21NO2. The molecule has 0 aliphatic rings. The monoisotopic (exact) mass is 235 g/mol. The van der Waals surface area contributed by atoms with Crippen LogP contribution in [0.2, 0.25) is 0 Å². The molecule has 17 heavy (non-hydrogen) atoms. The number of hydrogen-bond donors (Lipinski definition) is 1. The van der Waals surface area contributed by atoms with Gasteiger partial charge in [0.15, 0.2) is 0 Å². The van der Waals surface area contributed by atoms with E-state index in [0.717, 1.165) is 12.1 Å². The second-order valence-electron chi connectivity index (χ2n) is 5.53. The largest absolute Gasteiger partial charge is 0.508 e. The van der Waals surface area contributed by atoms with Gasteiger partial charge in [0.25, 0.3) is 0 Å². The summed E-state index contributed by atoms with van der Waals surface area (Å²) in [6.07, 6.45) is 1.41. The average Bonchev–Trinajstić information content (AvgIpc) is 2.25. The quantitative estimate of drug-likeness (QED) is 0.874. The summed E-state index contributed by atoms with van der Waals surface area (Å²) in [4.78, 5) is 13.6. The Balaban J connectivity index is 2.61. The number of aromatic hydroxyl groups is 1. The molecule has 1 N–H and O–H groups in total. The molecule has 3 nitrogen and oxygen atoms in total. The summed E-state index contributed by atoms with van der Waals surface area (Å²) >= 11 is 0. The van der Waals surface area contributed by atoms with Crippen molar-refractivity contribution in [2.45, 2.75) is 33.6 Å². The number of anilines is 1. The Morgan fingerprint density at radius 1 is 1.24 bits per heavy atom. The fraction of sp³-hybridized carbons (Fsp3) is 0.500. The van der Waals surface area contributed by atoms with Crippen LogP contribution >= 0.6 is 0 Å². The van der Waals surface area contributed by atoms with Gasteiger partial charge in [-0.2, -0.15) is 0 Å². The smallest absolute Gasteiger partial charge is 0.226 e. The van der Waals surface area contributed by atoms with Gasteiger partial charge >= 0.3 is 0 Å². The van der Waals surface area contributed by atoms with Crippen molar-refractivity contribution in [3.8, 4) is 5.75 Å². The molecule has 0 aliphatic heterocycles. The van der Waals surface area contributed by atoms with E-state index in [1.165, 1.54) is 0 Å². The van der Waals surface area contributed by atoms with E-state index in [2.05, 4.69) is 20.8 Å². The van der Waals surface area contributed by atoms with Crippen LogP contribution in [-0.4, -0.2) is 18.1 Å². The van der Waals surface area contributed by atoms with Crippen molar-refractivity contribution in [3.63, 3.8) is 0 Å². The van der Waals surface area contributed by atoms with Crippen LogP contribution in [0.15, 0.2) is 24.3 Å². The van der Waals surface area contributed by atoms with E-state index in [-0.39, 0.29) is 17.1 Å². The zero-order valence-corrected chi connectivity index (χ0v) is 11.0. The Morgan fingerprint density at radius 3 is 2.24 bits per heavy atom. The minimum Gasteiger partial charge on any atom is -0.508 e. The van der Waals surface area contributed by atoms with Crippen LogP contribution in [0.3, 0.4) is 0 Å². The lowest BCUT2D eigenvalue weighted by atomic mass is 9.90. The minimum absolute atomic E-state index is 0.102. The van der Waals surface area contributed by atoms with Crippen molar-refractivity contribution >= 4 is 11.6 Å². The summed E-state index contributed by atoms with van der Waals surface area (Å²) in [6.45, 7) is 6.38. The van der Waals surface area contributed by atoms with Gasteiger partial charge in [0.05, 0.1) is 0 Å². The fourth-order valence-corrected chi connectivity index (χ4v) is 1.47. The third-order valence-electron chi connectivity index (χ3n) is 2.70. The molecule has 94 valence electrons. The van der Waals surface area contributed by atoms with Crippen molar-refractivity contribution in [1.82, 2.24) is 0 Å². The fourth-order valence-electron chi connectivity index (χ4n) is 1.47. The van der Waals surface area contributed by atoms with Gasteiger partial charge in [-0.1, -0.05) is 20.8 Å². The molecule has 0 radical (unpaired) electrons. The number of phenols is 1. The topological polar surface area (TPSA) is 40.5 Å². The first-order chi connectivity index (χ1) is 7.79. The van der Waals surface area contributed by atoms with Gasteiger partial charge in [0.2, 0.25) is 5.91 Å². The SMILES string of the molecule is CN(C(=O)CCC(C)(C)C)c1ccc(O)cc1. The number of carbonyl (C=O) groups excluding carboxylic acids is 1. The number of amides is 1. The highest BCUT2D eigenvalue weighted by Gasteiger charge is 2.16. The maximum atomic E-state index is 11.9. The van der Waals surface area contributed by atoms with E-state index in [1.54, 1.807) is 36.2 Å². The zero-order chi connectivity index (χ0) is 13.1. The zero-order valence-electron chi connectivity index (χ0n) is 11.0. The molecule has 1 amide bonds. The number of phenolic OH excluding ortho intramolecular Hbond substituents is 1. The number of benzene rings is 1. The van der Waals surface area contributed by atoms with Crippen molar-refractivity contribution < 1.29 is 9.90 Å². The number of hydrogen-bond acceptors (Lipinski definition) is 2. The number of carbonyl (C=O) groups is 1. The van der Waals surface area contributed by atoms with Crippen LogP contribution in [0.1, 0.15) is 33.6 Å². The first-order valence-electron chi connectivity index (χ1n) is 5.85. The third-order valence-corrected chi connectivity index (χ3v) is 2.70. The predicted molar refractivity (Wildman–Crippen MR) is 70.2 cm³/mol. The number of nitrogens with zero attached hydrogens (tertiary/aromatic N) is 1. The molecule has 1 rings (SSSR count). The highest BCUT2D eigenvalue weighted by molar-refractivity contribution is 5.92. The average molecular weight is 235 g/mol. The molecule has 1 aromatic rings. The lowest BCUT2D eigenvalue weighted by Gasteiger charge is -2.21. The van der Waals surface area contributed by atoms with Crippen LogP contribution in [0, 0.1) is 5.41 Å². The Bertz CT molecular complexity index is 376. The molecule has 0 saturated heterocycles. The summed E-state index contributed by atoms with van der Waals surface area (Å²) in [7, 11) is 1.76. The van der Waals surface area contributed by atoms with E-state index in [1.807, 2.05) is 0 Å². The molecular weight excluding hydrogens is 214 g/mol. The second kappa shape index (κ2) is 5.21. The second-order valence-corrected chi connectivity index (χ2v) is 5.53. The van der Waals surface area contributed by atoms with Gasteiger partial charge in [-0.3, -0.25) is 4.79 Å². The molecule has 0 atom stereocenters. The first kappa shape index (κ1) is 13.6. The van der Waals surface area contributed by atoms with Gasteiger partial charge in [-0.05, 0) is 36.1 Å². The molecule has 3 heteroatoms. The summed E-state index contributed by atoms with van der Waals surface area (Å²) < 4.78 is 0. The molecule has 0 aromatic heterocycles. The lowest BCUT2D eigenvalue weighted by molar-refractivity contribution is -0.118. The lowest BCUT2D eigenvalue weighted by Crippen LogP contribution is -2.27. The standard InChI is InChI=1S/C14H21NO2/c1-14(2,3)10-9-13(17)15(4)11-5-7-12(16)8-6-11/h5-8,16H,9-10H2,1-4H3. The van der Waals surface area contributed by atoms with Gasteiger partial charge < -0.3 is 10.0 Å². The van der Waals surface area contributed by atoms with Crippen LogP contribution in [0.5, 0.6) is 5.75 Å². The Kier molecular flexibility index (Phi) is 4.16. The van der Waals surface area contributed by atoms with Gasteiger partial charge in [-0.15, -0.1) is 0 Å². The van der Waals surface area contributed by atoms with Crippen molar-refractivity contribution in [3.05, 3.63) is 24.3 Å². The van der Waals surface area contributed by atoms with E-state index in [4.69, 9.17) is 0 Å². The summed E-state index contributed by atoms with van der Waals surface area (Å²) in [5, 5.41) is 9.18. The first-order valence-corrected chi connectivity index (χ1v) is 5.85. The Labute approximate surface area is 103 Å². The van der Waals surface area contributed by atoms with E-state index in [9.17, 15) is 9.90 Å².